The number of ether oxygens (including phenoxy) is 2. The molecule has 0 radical (unpaired) electrons. The third kappa shape index (κ3) is 2.50. The Hall–Kier alpha value is -0.910. The van der Waals surface area contributed by atoms with E-state index in [0.29, 0.717) is 10.8 Å². The molecule has 106 valence electrons. The summed E-state index contributed by atoms with van der Waals surface area (Å²) in [5.74, 6) is 0.279. The lowest BCUT2D eigenvalue weighted by atomic mass is 9.91. The summed E-state index contributed by atoms with van der Waals surface area (Å²) in [5.41, 5.74) is 1.34. The van der Waals surface area contributed by atoms with Crippen LogP contribution in [0.4, 0.5) is 0 Å². The van der Waals surface area contributed by atoms with Gasteiger partial charge in [0.25, 0.3) is 0 Å². The number of carbonyl (C=O) groups excluding carboxylic acids is 1. The number of benzene rings is 1. The molecule has 1 saturated heterocycles. The summed E-state index contributed by atoms with van der Waals surface area (Å²) in [7, 11) is 1.41. The fourth-order valence-electron chi connectivity index (χ4n) is 2.59. The van der Waals surface area contributed by atoms with Gasteiger partial charge >= 0.3 is 5.97 Å². The number of methoxy groups -OCH3 is 1. The van der Waals surface area contributed by atoms with Gasteiger partial charge in [-0.05, 0) is 46.3 Å². The first-order valence-corrected chi connectivity index (χ1v) is 8.19. The molecule has 0 saturated carbocycles. The highest BCUT2D eigenvalue weighted by Gasteiger charge is 2.20. The molecule has 3 nitrogen and oxygen atoms in total. The van der Waals surface area contributed by atoms with Gasteiger partial charge in [0, 0.05) is 23.3 Å². The minimum atomic E-state index is -0.286. The molecule has 1 aliphatic heterocycles. The summed E-state index contributed by atoms with van der Waals surface area (Å²) >= 11 is 4.99. The molecule has 1 aromatic carbocycles. The molecule has 0 unspecified atom stereocenters. The Labute approximate surface area is 130 Å². The van der Waals surface area contributed by atoms with E-state index in [0.717, 1.165) is 40.6 Å². The maximum Gasteiger partial charge on any atom is 0.349 e. The van der Waals surface area contributed by atoms with Crippen LogP contribution in [0.1, 0.15) is 34.0 Å². The monoisotopic (exact) mass is 354 g/mol. The van der Waals surface area contributed by atoms with Gasteiger partial charge in [0.15, 0.2) is 0 Å². The molecule has 0 bridgehead atoms. The highest BCUT2D eigenvalue weighted by atomic mass is 79.9. The smallest absolute Gasteiger partial charge is 0.349 e. The molecule has 3 rings (SSSR count). The van der Waals surface area contributed by atoms with Gasteiger partial charge in [0.05, 0.1) is 11.6 Å². The van der Waals surface area contributed by atoms with Crippen molar-refractivity contribution in [1.29, 1.82) is 0 Å². The number of thiophene rings is 1. The van der Waals surface area contributed by atoms with E-state index in [9.17, 15) is 4.79 Å². The lowest BCUT2D eigenvalue weighted by Gasteiger charge is -2.22. The quantitative estimate of drug-likeness (QED) is 0.752. The first-order chi connectivity index (χ1) is 9.70. The van der Waals surface area contributed by atoms with Crippen molar-refractivity contribution in [2.24, 2.45) is 0 Å². The zero-order valence-corrected chi connectivity index (χ0v) is 13.6. The van der Waals surface area contributed by atoms with Crippen LogP contribution in [0, 0.1) is 0 Å². The van der Waals surface area contributed by atoms with Crippen LogP contribution in [0.5, 0.6) is 0 Å². The Morgan fingerprint density at radius 2 is 2.15 bits per heavy atom. The van der Waals surface area contributed by atoms with E-state index < -0.39 is 0 Å². The van der Waals surface area contributed by atoms with Crippen molar-refractivity contribution < 1.29 is 14.3 Å². The second-order valence-electron chi connectivity index (χ2n) is 4.88. The third-order valence-corrected chi connectivity index (χ3v) is 5.94. The molecule has 1 aromatic heterocycles. The van der Waals surface area contributed by atoms with Gasteiger partial charge in [0.1, 0.15) is 4.88 Å². The minimum absolute atomic E-state index is 0.286. The molecule has 5 heteroatoms. The summed E-state index contributed by atoms with van der Waals surface area (Å²) in [5, 5.41) is 1.08. The number of hydrogen-bond donors (Lipinski definition) is 0. The largest absolute Gasteiger partial charge is 0.465 e. The summed E-state index contributed by atoms with van der Waals surface area (Å²) in [4.78, 5) is 12.4. The van der Waals surface area contributed by atoms with Crippen LogP contribution < -0.4 is 0 Å². The van der Waals surface area contributed by atoms with Crippen molar-refractivity contribution in [2.45, 2.75) is 18.8 Å². The Morgan fingerprint density at radius 3 is 2.85 bits per heavy atom. The van der Waals surface area contributed by atoms with Crippen molar-refractivity contribution >= 4 is 43.3 Å². The number of hydrogen-bond acceptors (Lipinski definition) is 4. The topological polar surface area (TPSA) is 35.5 Å². The summed E-state index contributed by atoms with van der Waals surface area (Å²) in [6.45, 7) is 1.68. The molecular formula is C15H15BrO3S. The number of halogens is 1. The van der Waals surface area contributed by atoms with Gasteiger partial charge in [-0.2, -0.15) is 0 Å². The van der Waals surface area contributed by atoms with Crippen LogP contribution in [-0.4, -0.2) is 26.3 Å². The van der Waals surface area contributed by atoms with Crippen LogP contribution in [0.15, 0.2) is 22.7 Å². The molecule has 0 spiro atoms. The molecule has 1 aliphatic rings. The predicted molar refractivity (Wildman–Crippen MR) is 83.7 cm³/mol. The zero-order valence-electron chi connectivity index (χ0n) is 11.1. The lowest BCUT2D eigenvalue weighted by Crippen LogP contribution is -2.13. The number of fused-ring (bicyclic) bond motifs is 1. The van der Waals surface area contributed by atoms with Gasteiger partial charge < -0.3 is 9.47 Å². The van der Waals surface area contributed by atoms with E-state index in [2.05, 4.69) is 34.1 Å². The zero-order chi connectivity index (χ0) is 14.1. The fraction of sp³-hybridized carbons (Fsp3) is 0.400. The fourth-order valence-corrected chi connectivity index (χ4v) is 4.53. The highest BCUT2D eigenvalue weighted by molar-refractivity contribution is 9.10. The summed E-state index contributed by atoms with van der Waals surface area (Å²) in [6.07, 6.45) is 2.14. The van der Waals surface area contributed by atoms with Gasteiger partial charge in [-0.1, -0.05) is 12.1 Å². The van der Waals surface area contributed by atoms with Gasteiger partial charge in [-0.3, -0.25) is 0 Å². The molecule has 0 aliphatic carbocycles. The van der Waals surface area contributed by atoms with Crippen molar-refractivity contribution in [3.05, 3.63) is 33.1 Å². The molecular weight excluding hydrogens is 340 g/mol. The molecule has 2 heterocycles. The average molecular weight is 355 g/mol. The maximum absolute atomic E-state index is 11.7. The standard InChI is InChI=1S/C15H15BrO3S/c1-18-15(17)14-13(16)11-3-2-10(8-12(11)20-14)9-4-6-19-7-5-9/h2-3,8-9H,4-7H2,1H3. The van der Waals surface area contributed by atoms with Gasteiger partial charge in [0.2, 0.25) is 0 Å². The normalized spacial score (nSPS) is 16.5. The van der Waals surface area contributed by atoms with Crippen LogP contribution in [0.2, 0.25) is 0 Å². The van der Waals surface area contributed by atoms with Crippen molar-refractivity contribution in [1.82, 2.24) is 0 Å². The number of rotatable bonds is 2. The van der Waals surface area contributed by atoms with Crippen molar-refractivity contribution in [3.63, 3.8) is 0 Å². The Kier molecular flexibility index (Phi) is 4.10. The van der Waals surface area contributed by atoms with Crippen molar-refractivity contribution in [3.8, 4) is 0 Å². The second-order valence-corrected chi connectivity index (χ2v) is 6.72. The van der Waals surface area contributed by atoms with Crippen LogP contribution in [0.3, 0.4) is 0 Å². The van der Waals surface area contributed by atoms with E-state index >= 15 is 0 Å². The molecule has 2 aromatic rings. The number of esters is 1. The van der Waals surface area contributed by atoms with Crippen LogP contribution >= 0.6 is 27.3 Å². The molecule has 0 atom stereocenters. The SMILES string of the molecule is COC(=O)c1sc2cc(C3CCOCC3)ccc2c1Br. The van der Waals surface area contributed by atoms with Crippen LogP contribution in [0.25, 0.3) is 10.1 Å². The average Bonchev–Trinajstić information content (AvgIpc) is 2.84. The van der Waals surface area contributed by atoms with E-state index in [-0.39, 0.29) is 5.97 Å². The van der Waals surface area contributed by atoms with E-state index in [1.807, 2.05) is 0 Å². The Bertz CT molecular complexity index is 644. The summed E-state index contributed by atoms with van der Waals surface area (Å²) < 4.78 is 12.2. The van der Waals surface area contributed by atoms with E-state index in [1.54, 1.807) is 0 Å². The van der Waals surface area contributed by atoms with Gasteiger partial charge in [-0.25, -0.2) is 4.79 Å². The Balaban J connectivity index is 2.00. The first kappa shape index (κ1) is 14.0. The predicted octanol–water partition coefficient (Wildman–Crippen LogP) is 4.34. The van der Waals surface area contributed by atoms with Gasteiger partial charge in [-0.15, -0.1) is 11.3 Å². The molecule has 0 amide bonds. The Morgan fingerprint density at radius 1 is 1.40 bits per heavy atom. The molecule has 1 fully saturated rings. The molecule has 0 N–H and O–H groups in total. The van der Waals surface area contributed by atoms with E-state index in [1.165, 1.54) is 24.0 Å². The van der Waals surface area contributed by atoms with Crippen molar-refractivity contribution in [2.75, 3.05) is 20.3 Å². The number of carbonyl (C=O) groups is 1. The maximum atomic E-state index is 11.7. The third-order valence-electron chi connectivity index (χ3n) is 3.72. The minimum Gasteiger partial charge on any atom is -0.465 e. The lowest BCUT2D eigenvalue weighted by molar-refractivity contribution is 0.0605. The van der Waals surface area contributed by atoms with Crippen LogP contribution in [-0.2, 0) is 9.47 Å². The molecule has 20 heavy (non-hydrogen) atoms. The summed E-state index contributed by atoms with van der Waals surface area (Å²) in [6, 6.07) is 6.46. The first-order valence-electron chi connectivity index (χ1n) is 6.58. The van der Waals surface area contributed by atoms with E-state index in [4.69, 9.17) is 9.47 Å². The highest BCUT2D eigenvalue weighted by Crippen LogP contribution is 2.38. The second kappa shape index (κ2) is 5.84.